The Morgan fingerprint density at radius 2 is 2.11 bits per heavy atom. The largest absolute Gasteiger partial charge is 0.497 e. The zero-order chi connectivity index (χ0) is 19.9. The van der Waals surface area contributed by atoms with Crippen molar-refractivity contribution in [3.05, 3.63) is 60.1 Å². The molecule has 0 radical (unpaired) electrons. The molecule has 0 aliphatic rings. The summed E-state index contributed by atoms with van der Waals surface area (Å²) < 4.78 is 10.6. The maximum Gasteiger partial charge on any atom is 0.227 e. The third kappa shape index (κ3) is 4.54. The molecule has 146 valence electrons. The molecule has 0 spiro atoms. The zero-order valence-electron chi connectivity index (χ0n) is 16.3. The van der Waals surface area contributed by atoms with Gasteiger partial charge < -0.3 is 14.2 Å². The summed E-state index contributed by atoms with van der Waals surface area (Å²) in [6.45, 7) is 4.60. The van der Waals surface area contributed by atoms with Crippen LogP contribution in [0.15, 0.2) is 53.2 Å². The van der Waals surface area contributed by atoms with Crippen molar-refractivity contribution in [2.24, 2.45) is 0 Å². The number of pyridine rings is 1. The fourth-order valence-electron chi connectivity index (χ4n) is 3.06. The van der Waals surface area contributed by atoms with Crippen molar-refractivity contribution in [2.45, 2.75) is 32.7 Å². The Bertz CT molecular complexity index is 911. The standard InChI is InChI=1S/C21H24N4O3/c1-4-25(15(2)16-8-7-9-17(14-16)27-3)20(26)12-11-19-23-21(24-28-19)18-10-5-6-13-22-18/h5-10,13-15H,4,11-12H2,1-3H3. The van der Waals surface area contributed by atoms with E-state index in [0.29, 0.717) is 36.8 Å². The molecule has 3 rings (SSSR count). The number of methoxy groups -OCH3 is 1. The van der Waals surface area contributed by atoms with Crippen LogP contribution in [0.3, 0.4) is 0 Å². The number of benzene rings is 1. The molecule has 0 aliphatic heterocycles. The second kappa shape index (κ2) is 9.12. The number of aromatic nitrogens is 3. The topological polar surface area (TPSA) is 81.4 Å². The molecule has 0 fully saturated rings. The van der Waals surface area contributed by atoms with E-state index in [1.165, 1.54) is 0 Å². The third-order valence-corrected chi connectivity index (χ3v) is 4.62. The average Bonchev–Trinajstić information content (AvgIpc) is 3.22. The van der Waals surface area contributed by atoms with Crippen molar-refractivity contribution in [3.8, 4) is 17.3 Å². The number of nitrogens with zero attached hydrogens (tertiary/aromatic N) is 4. The van der Waals surface area contributed by atoms with Gasteiger partial charge in [-0.05, 0) is 43.7 Å². The molecule has 0 saturated heterocycles. The fourth-order valence-corrected chi connectivity index (χ4v) is 3.06. The van der Waals surface area contributed by atoms with E-state index in [1.54, 1.807) is 13.3 Å². The Kier molecular flexibility index (Phi) is 6.37. The first kappa shape index (κ1) is 19.5. The SMILES string of the molecule is CCN(C(=O)CCc1nc(-c2ccccn2)no1)C(C)c1cccc(OC)c1. The molecule has 2 heterocycles. The van der Waals surface area contributed by atoms with Crippen molar-refractivity contribution < 1.29 is 14.1 Å². The molecule has 0 N–H and O–H groups in total. The number of aryl methyl sites for hydroxylation is 1. The maximum absolute atomic E-state index is 12.8. The first-order valence-corrected chi connectivity index (χ1v) is 9.29. The summed E-state index contributed by atoms with van der Waals surface area (Å²) in [5.74, 6) is 1.68. The quantitative estimate of drug-likeness (QED) is 0.593. The molecular weight excluding hydrogens is 356 g/mol. The monoisotopic (exact) mass is 380 g/mol. The summed E-state index contributed by atoms with van der Waals surface area (Å²) in [4.78, 5) is 23.2. The van der Waals surface area contributed by atoms with Crippen molar-refractivity contribution in [3.63, 3.8) is 0 Å². The first-order valence-electron chi connectivity index (χ1n) is 9.29. The van der Waals surface area contributed by atoms with Crippen LogP contribution in [-0.4, -0.2) is 39.6 Å². The molecule has 1 amide bonds. The Morgan fingerprint density at radius 1 is 1.25 bits per heavy atom. The molecule has 1 atom stereocenters. The smallest absolute Gasteiger partial charge is 0.227 e. The van der Waals surface area contributed by atoms with E-state index >= 15 is 0 Å². The molecule has 2 aromatic heterocycles. The molecule has 0 aliphatic carbocycles. The van der Waals surface area contributed by atoms with Crippen LogP contribution in [0.4, 0.5) is 0 Å². The summed E-state index contributed by atoms with van der Waals surface area (Å²) >= 11 is 0. The second-order valence-corrected chi connectivity index (χ2v) is 6.36. The molecule has 0 bridgehead atoms. The third-order valence-electron chi connectivity index (χ3n) is 4.62. The van der Waals surface area contributed by atoms with Gasteiger partial charge in [-0.15, -0.1) is 0 Å². The lowest BCUT2D eigenvalue weighted by molar-refractivity contribution is -0.133. The average molecular weight is 380 g/mol. The summed E-state index contributed by atoms with van der Waals surface area (Å²) in [5.41, 5.74) is 1.68. The van der Waals surface area contributed by atoms with Crippen molar-refractivity contribution >= 4 is 5.91 Å². The summed E-state index contributed by atoms with van der Waals surface area (Å²) in [5, 5.41) is 3.94. The second-order valence-electron chi connectivity index (χ2n) is 6.36. The van der Waals surface area contributed by atoms with Crippen molar-refractivity contribution in [1.82, 2.24) is 20.0 Å². The van der Waals surface area contributed by atoms with Crippen LogP contribution in [0.2, 0.25) is 0 Å². The van der Waals surface area contributed by atoms with Gasteiger partial charge in [0.25, 0.3) is 0 Å². The van der Waals surface area contributed by atoms with Gasteiger partial charge in [0.15, 0.2) is 0 Å². The van der Waals surface area contributed by atoms with Gasteiger partial charge in [0.1, 0.15) is 11.4 Å². The molecule has 7 nitrogen and oxygen atoms in total. The maximum atomic E-state index is 12.8. The number of hydrogen-bond acceptors (Lipinski definition) is 6. The molecule has 0 saturated carbocycles. The van der Waals surface area contributed by atoms with Gasteiger partial charge in [0.05, 0.1) is 13.2 Å². The zero-order valence-corrected chi connectivity index (χ0v) is 16.3. The number of ether oxygens (including phenoxy) is 1. The minimum atomic E-state index is -0.0561. The Morgan fingerprint density at radius 3 is 2.82 bits per heavy atom. The van der Waals surface area contributed by atoms with Gasteiger partial charge in [-0.25, -0.2) is 0 Å². The van der Waals surface area contributed by atoms with Gasteiger partial charge in [-0.2, -0.15) is 4.98 Å². The van der Waals surface area contributed by atoms with Gasteiger partial charge in [-0.1, -0.05) is 23.4 Å². The molecule has 1 unspecified atom stereocenters. The van der Waals surface area contributed by atoms with E-state index in [2.05, 4.69) is 15.1 Å². The lowest BCUT2D eigenvalue weighted by Gasteiger charge is -2.28. The predicted molar refractivity (Wildman–Crippen MR) is 105 cm³/mol. The van der Waals surface area contributed by atoms with Gasteiger partial charge in [0, 0.05) is 25.6 Å². The van der Waals surface area contributed by atoms with Crippen molar-refractivity contribution in [2.75, 3.05) is 13.7 Å². The van der Waals surface area contributed by atoms with Gasteiger partial charge in [0.2, 0.25) is 17.6 Å². The molecule has 28 heavy (non-hydrogen) atoms. The molecular formula is C21H24N4O3. The fraction of sp³-hybridized carbons (Fsp3) is 0.333. The van der Waals surface area contributed by atoms with E-state index in [1.807, 2.05) is 61.2 Å². The highest BCUT2D eigenvalue weighted by Gasteiger charge is 2.21. The van der Waals surface area contributed by atoms with Crippen LogP contribution < -0.4 is 4.74 Å². The van der Waals surface area contributed by atoms with Crippen LogP contribution >= 0.6 is 0 Å². The number of amides is 1. The lowest BCUT2D eigenvalue weighted by Crippen LogP contribution is -2.33. The highest BCUT2D eigenvalue weighted by atomic mass is 16.5. The normalized spacial score (nSPS) is 11.8. The van der Waals surface area contributed by atoms with E-state index in [4.69, 9.17) is 9.26 Å². The Balaban J connectivity index is 1.63. The van der Waals surface area contributed by atoms with Crippen LogP contribution in [0.25, 0.3) is 11.5 Å². The minimum absolute atomic E-state index is 0.0374. The number of carbonyl (C=O) groups is 1. The van der Waals surface area contributed by atoms with Gasteiger partial charge >= 0.3 is 0 Å². The van der Waals surface area contributed by atoms with Crippen molar-refractivity contribution in [1.29, 1.82) is 0 Å². The predicted octanol–water partition coefficient (Wildman–Crippen LogP) is 3.68. The minimum Gasteiger partial charge on any atom is -0.497 e. The molecule has 1 aromatic carbocycles. The summed E-state index contributed by atoms with van der Waals surface area (Å²) in [6, 6.07) is 13.2. The van der Waals surface area contributed by atoms with E-state index in [0.717, 1.165) is 11.3 Å². The van der Waals surface area contributed by atoms with Gasteiger partial charge in [-0.3, -0.25) is 9.78 Å². The lowest BCUT2D eigenvalue weighted by atomic mass is 10.1. The molecule has 7 heteroatoms. The first-order chi connectivity index (χ1) is 13.6. The van der Waals surface area contributed by atoms with Crippen LogP contribution in [-0.2, 0) is 11.2 Å². The van der Waals surface area contributed by atoms with Crippen LogP contribution in [0.1, 0.15) is 37.8 Å². The highest BCUT2D eigenvalue weighted by molar-refractivity contribution is 5.76. The number of hydrogen-bond donors (Lipinski definition) is 0. The molecule has 3 aromatic rings. The van der Waals surface area contributed by atoms with Crippen LogP contribution in [0, 0.1) is 0 Å². The Labute approximate surface area is 164 Å². The highest BCUT2D eigenvalue weighted by Crippen LogP contribution is 2.24. The van der Waals surface area contributed by atoms with E-state index in [-0.39, 0.29) is 11.9 Å². The number of carbonyl (C=O) groups excluding carboxylic acids is 1. The van der Waals surface area contributed by atoms with E-state index in [9.17, 15) is 4.79 Å². The van der Waals surface area contributed by atoms with E-state index < -0.39 is 0 Å². The van der Waals surface area contributed by atoms with Crippen LogP contribution in [0.5, 0.6) is 5.75 Å². The Hall–Kier alpha value is -3.22. The summed E-state index contributed by atoms with van der Waals surface area (Å²) in [6.07, 6.45) is 2.36. The number of rotatable bonds is 8. The summed E-state index contributed by atoms with van der Waals surface area (Å²) in [7, 11) is 1.64.